The molecule has 1 aliphatic heterocycles. The van der Waals surface area contributed by atoms with Crippen LogP contribution in [0.4, 0.5) is 5.69 Å². The first kappa shape index (κ1) is 34.4. The Balaban J connectivity index is 1.65. The molecular weight excluding hydrogens is 617 g/mol. The summed E-state index contributed by atoms with van der Waals surface area (Å²) in [6.07, 6.45) is 4.83. The van der Waals surface area contributed by atoms with Gasteiger partial charge in [0.15, 0.2) is 0 Å². The number of hydrogen-bond donors (Lipinski definition) is 2. The molecule has 0 unspecified atom stereocenters. The van der Waals surface area contributed by atoms with Crippen LogP contribution in [0.3, 0.4) is 0 Å². The van der Waals surface area contributed by atoms with Crippen molar-refractivity contribution in [2.45, 2.75) is 62.5 Å². The van der Waals surface area contributed by atoms with Gasteiger partial charge in [-0.05, 0) is 74.9 Å². The maximum absolute atomic E-state index is 14.3. The molecule has 3 heterocycles. The van der Waals surface area contributed by atoms with Crippen molar-refractivity contribution in [3.05, 3.63) is 71.4 Å². The van der Waals surface area contributed by atoms with Crippen LogP contribution in [-0.2, 0) is 14.8 Å². The number of anilines is 1. The van der Waals surface area contributed by atoms with Gasteiger partial charge in [0.1, 0.15) is 9.96 Å². The molecule has 0 aliphatic carbocycles. The number of amides is 2. The van der Waals surface area contributed by atoms with Crippen molar-refractivity contribution in [1.29, 1.82) is 0 Å². The number of aromatic nitrogens is 1. The lowest BCUT2D eigenvalue weighted by Gasteiger charge is -2.36. The second-order valence-electron chi connectivity index (χ2n) is 11.5. The van der Waals surface area contributed by atoms with E-state index in [1.165, 1.54) is 12.1 Å². The van der Waals surface area contributed by atoms with E-state index in [1.807, 2.05) is 13.8 Å². The molecule has 1 aromatic carbocycles. The van der Waals surface area contributed by atoms with Gasteiger partial charge in [-0.25, -0.2) is 8.42 Å². The first-order valence-corrected chi connectivity index (χ1v) is 17.4. The lowest BCUT2D eigenvalue weighted by molar-refractivity contribution is -0.0149. The zero-order valence-electron chi connectivity index (χ0n) is 26.1. The Morgan fingerprint density at radius 1 is 1.20 bits per heavy atom. The monoisotopic (exact) mass is 658 g/mol. The first-order chi connectivity index (χ1) is 21.5. The molecule has 4 rings (SSSR count). The first-order valence-electron chi connectivity index (χ1n) is 15.1. The largest absolute Gasteiger partial charge is 0.490 e. The number of sulfonamides is 1. The summed E-state index contributed by atoms with van der Waals surface area (Å²) in [4.78, 5) is 34.6. The fraction of sp³-hybridized carbons (Fsp3) is 0.469. The molecule has 0 fully saturated rings. The van der Waals surface area contributed by atoms with Crippen LogP contribution in [0.5, 0.6) is 5.75 Å². The molecule has 2 aromatic heterocycles. The molecule has 244 valence electrons. The maximum Gasteiger partial charge on any atom is 0.271 e. The van der Waals surface area contributed by atoms with E-state index in [-0.39, 0.29) is 46.5 Å². The number of nitrogens with zero attached hydrogens (tertiary/aromatic N) is 3. The van der Waals surface area contributed by atoms with Crippen molar-refractivity contribution in [3.63, 3.8) is 0 Å². The summed E-state index contributed by atoms with van der Waals surface area (Å²) in [7, 11) is -2.13. The molecule has 3 aromatic rings. The average molecular weight is 659 g/mol. The highest BCUT2D eigenvalue weighted by atomic mass is 32.2. The minimum atomic E-state index is -3.85. The lowest BCUT2D eigenvalue weighted by atomic mass is 10.0. The molecule has 2 N–H and O–H groups in total. The number of ether oxygens (including phenoxy) is 2. The van der Waals surface area contributed by atoms with Crippen LogP contribution in [0.2, 0.25) is 0 Å². The Morgan fingerprint density at radius 3 is 2.64 bits per heavy atom. The number of aliphatic hydroxyl groups is 1. The van der Waals surface area contributed by atoms with E-state index < -0.39 is 28.1 Å². The standard InChI is InChI=1S/C32H42N4O7S2/c1-22-19-36(23(2)21-37)32(39)27-18-26(34-45(40,41)30-9-7-17-44-30)10-11-28(27)43-24(3)8-5-6-16-42-29(22)20-35(4)31(38)25-12-14-33-15-13-25/h7,9-15,17-18,22-24,29,34,37H,5-6,8,16,19-21H2,1-4H3/t22-,23-,24-,29+/m0/s1. The summed E-state index contributed by atoms with van der Waals surface area (Å²) < 4.78 is 41.2. The molecule has 0 radical (unpaired) electrons. The van der Waals surface area contributed by atoms with Gasteiger partial charge in [-0.15, -0.1) is 11.3 Å². The fourth-order valence-electron chi connectivity index (χ4n) is 5.14. The molecule has 45 heavy (non-hydrogen) atoms. The van der Waals surface area contributed by atoms with Crippen molar-refractivity contribution >= 4 is 38.9 Å². The number of pyridine rings is 1. The Bertz CT molecular complexity index is 1520. The van der Waals surface area contributed by atoms with Crippen LogP contribution in [-0.4, -0.2) is 91.7 Å². The van der Waals surface area contributed by atoms with Crippen molar-refractivity contribution in [1.82, 2.24) is 14.8 Å². The summed E-state index contributed by atoms with van der Waals surface area (Å²) in [5.74, 6) is -0.481. The van der Waals surface area contributed by atoms with E-state index in [2.05, 4.69) is 9.71 Å². The van der Waals surface area contributed by atoms with E-state index in [1.54, 1.807) is 71.9 Å². The number of carbonyl (C=O) groups is 2. The normalized spacial score (nSPS) is 20.8. The van der Waals surface area contributed by atoms with Gasteiger partial charge in [0.2, 0.25) is 0 Å². The predicted molar refractivity (Wildman–Crippen MR) is 173 cm³/mol. The maximum atomic E-state index is 14.3. The molecule has 0 spiro atoms. The third-order valence-electron chi connectivity index (χ3n) is 7.79. The number of rotatable bonds is 8. The molecular formula is C32H42N4O7S2. The minimum absolute atomic E-state index is 0.154. The van der Waals surface area contributed by atoms with E-state index in [9.17, 15) is 23.1 Å². The number of thiophene rings is 1. The molecule has 2 amide bonds. The van der Waals surface area contributed by atoms with Crippen molar-refractivity contribution in [3.8, 4) is 5.75 Å². The number of likely N-dealkylation sites (N-methyl/N-ethyl adjacent to an activating group) is 1. The Kier molecular flexibility index (Phi) is 12.0. The van der Waals surface area contributed by atoms with Crippen molar-refractivity contribution in [2.24, 2.45) is 5.92 Å². The smallest absolute Gasteiger partial charge is 0.271 e. The third kappa shape index (κ3) is 9.03. The SMILES string of the molecule is C[C@H]1CCCCO[C@H](CN(C)C(=O)c2ccncc2)[C@@H](C)CN([C@@H](C)CO)C(=O)c2cc(NS(=O)(=O)c3cccs3)ccc2O1. The van der Waals surface area contributed by atoms with Crippen LogP contribution < -0.4 is 9.46 Å². The Labute approximate surface area is 269 Å². The molecule has 1 aliphatic rings. The summed E-state index contributed by atoms with van der Waals surface area (Å²) in [6.45, 7) is 6.32. The van der Waals surface area contributed by atoms with Gasteiger partial charge in [-0.1, -0.05) is 13.0 Å². The Hall–Kier alpha value is -3.52. The highest BCUT2D eigenvalue weighted by molar-refractivity contribution is 7.94. The van der Waals surface area contributed by atoms with E-state index >= 15 is 0 Å². The number of nitrogens with one attached hydrogen (secondary N) is 1. The molecule has 4 atom stereocenters. The summed E-state index contributed by atoms with van der Waals surface area (Å²) >= 11 is 1.09. The average Bonchev–Trinajstić information content (AvgIpc) is 3.59. The van der Waals surface area contributed by atoms with Gasteiger partial charge in [-0.3, -0.25) is 19.3 Å². The molecule has 11 nitrogen and oxygen atoms in total. The van der Waals surface area contributed by atoms with Crippen molar-refractivity contribution < 1.29 is 32.6 Å². The van der Waals surface area contributed by atoms with Crippen LogP contribution in [0.15, 0.2) is 64.4 Å². The number of benzene rings is 1. The molecule has 13 heteroatoms. The highest BCUT2D eigenvalue weighted by Crippen LogP contribution is 2.30. The molecule has 0 saturated carbocycles. The van der Waals surface area contributed by atoms with Crippen LogP contribution in [0.25, 0.3) is 0 Å². The predicted octanol–water partition coefficient (Wildman–Crippen LogP) is 4.51. The zero-order valence-corrected chi connectivity index (χ0v) is 27.7. The summed E-state index contributed by atoms with van der Waals surface area (Å²) in [5, 5.41) is 11.8. The zero-order chi connectivity index (χ0) is 32.6. The lowest BCUT2D eigenvalue weighted by Crippen LogP contribution is -2.48. The second-order valence-corrected chi connectivity index (χ2v) is 14.3. The van der Waals surface area contributed by atoms with E-state index in [0.717, 1.165) is 24.2 Å². The van der Waals surface area contributed by atoms with Crippen LogP contribution in [0.1, 0.15) is 60.7 Å². The number of fused-ring (bicyclic) bond motifs is 1. The van der Waals surface area contributed by atoms with Crippen LogP contribution >= 0.6 is 11.3 Å². The second kappa shape index (κ2) is 15.7. The summed E-state index contributed by atoms with van der Waals surface area (Å²) in [5.41, 5.74) is 0.915. The number of aliphatic hydroxyl groups excluding tert-OH is 1. The van der Waals surface area contributed by atoms with Gasteiger partial charge in [0, 0.05) is 56.3 Å². The third-order valence-corrected chi connectivity index (χ3v) is 10.6. The fourth-order valence-corrected chi connectivity index (χ4v) is 7.18. The molecule has 0 saturated heterocycles. The Morgan fingerprint density at radius 2 is 1.96 bits per heavy atom. The van der Waals surface area contributed by atoms with Gasteiger partial charge < -0.3 is 24.4 Å². The quantitative estimate of drug-likeness (QED) is 0.361. The topological polar surface area (TPSA) is 138 Å². The van der Waals surface area contributed by atoms with Gasteiger partial charge >= 0.3 is 0 Å². The van der Waals surface area contributed by atoms with Crippen molar-refractivity contribution in [2.75, 3.05) is 38.1 Å². The minimum Gasteiger partial charge on any atom is -0.490 e. The summed E-state index contributed by atoms with van der Waals surface area (Å²) in [6, 6.07) is 10.6. The van der Waals surface area contributed by atoms with Gasteiger partial charge in [-0.2, -0.15) is 0 Å². The number of carbonyl (C=O) groups excluding carboxylic acids is 2. The van der Waals surface area contributed by atoms with Gasteiger partial charge in [0.25, 0.3) is 21.8 Å². The van der Waals surface area contributed by atoms with E-state index in [0.29, 0.717) is 30.9 Å². The van der Waals surface area contributed by atoms with Crippen LogP contribution in [0, 0.1) is 5.92 Å². The van der Waals surface area contributed by atoms with Gasteiger partial charge in [0.05, 0.1) is 30.4 Å². The molecule has 0 bridgehead atoms. The number of hydrogen-bond acceptors (Lipinski definition) is 9. The van der Waals surface area contributed by atoms with E-state index in [4.69, 9.17) is 9.47 Å². The highest BCUT2D eigenvalue weighted by Gasteiger charge is 2.31.